The smallest absolute Gasteiger partial charge is 0.137 e. The van der Waals surface area contributed by atoms with Gasteiger partial charge < -0.3 is 14.9 Å². The highest BCUT2D eigenvalue weighted by Crippen LogP contribution is 2.28. The van der Waals surface area contributed by atoms with Crippen molar-refractivity contribution in [2.75, 3.05) is 13.2 Å². The van der Waals surface area contributed by atoms with Crippen molar-refractivity contribution in [2.24, 2.45) is 5.92 Å². The molecule has 0 bridgehead atoms. The lowest BCUT2D eigenvalue weighted by Crippen LogP contribution is -2.12. The van der Waals surface area contributed by atoms with Crippen LogP contribution >= 0.6 is 11.6 Å². The van der Waals surface area contributed by atoms with Gasteiger partial charge in [-0.15, -0.1) is 0 Å². The monoisotopic (exact) mass is 244 g/mol. The fourth-order valence-corrected chi connectivity index (χ4v) is 1.42. The first-order chi connectivity index (χ1) is 7.54. The maximum Gasteiger partial charge on any atom is 0.137 e. The van der Waals surface area contributed by atoms with Gasteiger partial charge in [0.1, 0.15) is 5.75 Å². The summed E-state index contributed by atoms with van der Waals surface area (Å²) in [7, 11) is 0. The van der Waals surface area contributed by atoms with Crippen molar-refractivity contribution in [3.05, 3.63) is 28.8 Å². The van der Waals surface area contributed by atoms with E-state index in [9.17, 15) is 5.11 Å². The largest absolute Gasteiger partial charge is 0.492 e. The van der Waals surface area contributed by atoms with Gasteiger partial charge in [-0.2, -0.15) is 0 Å². The van der Waals surface area contributed by atoms with E-state index < -0.39 is 6.10 Å². The molecule has 4 heteroatoms. The predicted octanol–water partition coefficient (Wildman–Crippen LogP) is 2.40. The third kappa shape index (κ3) is 3.67. The second kappa shape index (κ2) is 6.09. The molecule has 2 atom stereocenters. The zero-order valence-corrected chi connectivity index (χ0v) is 10.2. The van der Waals surface area contributed by atoms with Crippen molar-refractivity contribution in [1.29, 1.82) is 0 Å². The van der Waals surface area contributed by atoms with E-state index in [2.05, 4.69) is 0 Å². The van der Waals surface area contributed by atoms with E-state index in [0.29, 0.717) is 17.4 Å². The van der Waals surface area contributed by atoms with E-state index in [1.165, 1.54) is 0 Å². The highest BCUT2D eigenvalue weighted by atomic mass is 35.5. The molecule has 0 spiro atoms. The number of rotatable bonds is 5. The van der Waals surface area contributed by atoms with Crippen LogP contribution in [0.3, 0.4) is 0 Å². The maximum absolute atomic E-state index is 9.36. The number of benzene rings is 1. The van der Waals surface area contributed by atoms with Crippen LogP contribution in [0.25, 0.3) is 0 Å². The molecule has 0 aliphatic heterocycles. The van der Waals surface area contributed by atoms with E-state index >= 15 is 0 Å². The Labute approximate surface area is 101 Å². The van der Waals surface area contributed by atoms with Crippen LogP contribution in [0.1, 0.15) is 25.5 Å². The van der Waals surface area contributed by atoms with Crippen LogP contribution < -0.4 is 4.74 Å². The van der Waals surface area contributed by atoms with E-state index in [0.717, 1.165) is 5.56 Å². The highest BCUT2D eigenvalue weighted by molar-refractivity contribution is 6.32. The van der Waals surface area contributed by atoms with Crippen LogP contribution in [-0.2, 0) is 0 Å². The molecule has 1 aromatic carbocycles. The molecular formula is C12H17ClO3. The predicted molar refractivity (Wildman–Crippen MR) is 63.8 cm³/mol. The molecule has 0 fully saturated rings. The first-order valence-corrected chi connectivity index (χ1v) is 5.63. The molecule has 0 heterocycles. The molecule has 0 aliphatic carbocycles. The number of hydrogen-bond donors (Lipinski definition) is 2. The molecule has 3 nitrogen and oxygen atoms in total. The van der Waals surface area contributed by atoms with Crippen LogP contribution in [0.5, 0.6) is 5.75 Å². The second-order valence-electron chi connectivity index (χ2n) is 3.96. The van der Waals surface area contributed by atoms with Gasteiger partial charge in [0.05, 0.1) is 17.7 Å². The average Bonchev–Trinajstić information content (AvgIpc) is 2.26. The molecule has 16 heavy (non-hydrogen) atoms. The zero-order valence-electron chi connectivity index (χ0n) is 9.48. The van der Waals surface area contributed by atoms with E-state index in [4.69, 9.17) is 21.4 Å². The summed E-state index contributed by atoms with van der Waals surface area (Å²) in [5, 5.41) is 18.7. The first kappa shape index (κ1) is 13.3. The Balaban J connectivity index is 2.68. The standard InChI is InChI=1S/C12H17ClO3/c1-8(6-14)7-16-12-4-3-10(9(2)15)5-11(12)13/h3-5,8-9,14-15H,6-7H2,1-2H3/t8?,9-/m0/s1. The zero-order chi connectivity index (χ0) is 12.1. The first-order valence-electron chi connectivity index (χ1n) is 5.25. The number of hydrogen-bond acceptors (Lipinski definition) is 3. The van der Waals surface area contributed by atoms with Gasteiger partial charge in [0.15, 0.2) is 0 Å². The summed E-state index contributed by atoms with van der Waals surface area (Å²) in [6.45, 7) is 4.08. The summed E-state index contributed by atoms with van der Waals surface area (Å²) in [5.41, 5.74) is 0.757. The van der Waals surface area contributed by atoms with Crippen molar-refractivity contribution >= 4 is 11.6 Å². The van der Waals surface area contributed by atoms with E-state index in [1.54, 1.807) is 25.1 Å². The summed E-state index contributed by atoms with van der Waals surface area (Å²) in [6.07, 6.45) is -0.539. The number of ether oxygens (including phenoxy) is 1. The topological polar surface area (TPSA) is 49.7 Å². The van der Waals surface area contributed by atoms with Gasteiger partial charge in [-0.25, -0.2) is 0 Å². The third-order valence-electron chi connectivity index (χ3n) is 2.27. The summed E-state index contributed by atoms with van der Waals surface area (Å²) in [5.74, 6) is 0.652. The van der Waals surface area contributed by atoms with Gasteiger partial charge >= 0.3 is 0 Å². The summed E-state index contributed by atoms with van der Waals surface area (Å²) in [4.78, 5) is 0. The average molecular weight is 245 g/mol. The Kier molecular flexibility index (Phi) is 5.06. The molecule has 0 saturated carbocycles. The lowest BCUT2D eigenvalue weighted by atomic mass is 10.1. The van der Waals surface area contributed by atoms with Gasteiger partial charge in [0.25, 0.3) is 0 Å². The van der Waals surface area contributed by atoms with Gasteiger partial charge in [-0.05, 0) is 24.6 Å². The van der Waals surface area contributed by atoms with Crippen molar-refractivity contribution in [3.8, 4) is 5.75 Å². The van der Waals surface area contributed by atoms with Gasteiger partial charge in [0, 0.05) is 12.5 Å². The Morgan fingerprint density at radius 1 is 1.38 bits per heavy atom. The molecule has 1 unspecified atom stereocenters. The molecule has 1 aromatic rings. The van der Waals surface area contributed by atoms with Crippen LogP contribution in [0.4, 0.5) is 0 Å². The summed E-state index contributed by atoms with van der Waals surface area (Å²) < 4.78 is 5.45. The molecule has 0 aliphatic rings. The van der Waals surface area contributed by atoms with Crippen LogP contribution in [0.15, 0.2) is 18.2 Å². The minimum absolute atomic E-state index is 0.0764. The minimum Gasteiger partial charge on any atom is -0.492 e. The number of aliphatic hydroxyl groups is 2. The van der Waals surface area contributed by atoms with Gasteiger partial charge in [-0.1, -0.05) is 24.6 Å². The Morgan fingerprint density at radius 2 is 2.06 bits per heavy atom. The molecule has 0 aromatic heterocycles. The minimum atomic E-state index is -0.539. The Morgan fingerprint density at radius 3 is 2.56 bits per heavy atom. The van der Waals surface area contributed by atoms with Crippen molar-refractivity contribution in [3.63, 3.8) is 0 Å². The lowest BCUT2D eigenvalue weighted by Gasteiger charge is -2.13. The fourth-order valence-electron chi connectivity index (χ4n) is 1.18. The molecule has 1 rings (SSSR count). The lowest BCUT2D eigenvalue weighted by molar-refractivity contribution is 0.174. The molecule has 0 radical (unpaired) electrons. The van der Waals surface area contributed by atoms with Gasteiger partial charge in [0.2, 0.25) is 0 Å². The number of halogens is 1. The van der Waals surface area contributed by atoms with Gasteiger partial charge in [-0.3, -0.25) is 0 Å². The highest BCUT2D eigenvalue weighted by Gasteiger charge is 2.08. The van der Waals surface area contributed by atoms with E-state index in [1.807, 2.05) is 6.92 Å². The van der Waals surface area contributed by atoms with Crippen LogP contribution in [0, 0.1) is 5.92 Å². The quantitative estimate of drug-likeness (QED) is 0.836. The van der Waals surface area contributed by atoms with Crippen molar-refractivity contribution in [2.45, 2.75) is 20.0 Å². The fraction of sp³-hybridized carbons (Fsp3) is 0.500. The van der Waals surface area contributed by atoms with Crippen molar-refractivity contribution in [1.82, 2.24) is 0 Å². The molecule has 90 valence electrons. The third-order valence-corrected chi connectivity index (χ3v) is 2.57. The van der Waals surface area contributed by atoms with Crippen molar-refractivity contribution < 1.29 is 14.9 Å². The molecule has 0 saturated heterocycles. The maximum atomic E-state index is 9.36. The summed E-state index contributed by atoms with van der Waals surface area (Å²) >= 11 is 6.00. The summed E-state index contributed by atoms with van der Waals surface area (Å²) in [6, 6.07) is 5.19. The molecular weight excluding hydrogens is 228 g/mol. The SMILES string of the molecule is CC(CO)COc1ccc([C@H](C)O)cc1Cl. The Hall–Kier alpha value is -0.770. The Bertz CT molecular complexity index is 339. The van der Waals surface area contributed by atoms with Crippen LogP contribution in [0.2, 0.25) is 5.02 Å². The molecule has 2 N–H and O–H groups in total. The van der Waals surface area contributed by atoms with Crippen LogP contribution in [-0.4, -0.2) is 23.4 Å². The molecule has 0 amide bonds. The van der Waals surface area contributed by atoms with E-state index in [-0.39, 0.29) is 12.5 Å². The normalized spacial score (nSPS) is 14.6. The second-order valence-corrected chi connectivity index (χ2v) is 4.37. The number of aliphatic hydroxyl groups excluding tert-OH is 2.